The Morgan fingerprint density at radius 2 is 1.84 bits per heavy atom. The topological polar surface area (TPSA) is 93.2 Å². The number of aromatic amines is 1. The smallest absolute Gasteiger partial charge is 0.317 e. The Morgan fingerprint density at radius 3 is 2.56 bits per heavy atom. The van der Waals surface area contributed by atoms with Gasteiger partial charge in [-0.15, -0.1) is 0 Å². The zero-order valence-corrected chi connectivity index (χ0v) is 13.6. The first kappa shape index (κ1) is 16.5. The Bertz CT molecular complexity index is 1020. The van der Waals surface area contributed by atoms with Crippen molar-refractivity contribution >= 4 is 16.9 Å². The van der Waals surface area contributed by atoms with Crippen molar-refractivity contribution in [2.75, 3.05) is 7.11 Å². The lowest BCUT2D eigenvalue weighted by molar-refractivity contribution is -0.121. The molecule has 0 aliphatic heterocycles. The third-order valence-corrected chi connectivity index (χ3v) is 3.83. The van der Waals surface area contributed by atoms with Crippen LogP contribution in [0.3, 0.4) is 0 Å². The second-order valence-electron chi connectivity index (χ2n) is 5.49. The second kappa shape index (κ2) is 7.04. The highest BCUT2D eigenvalue weighted by molar-refractivity contribution is 5.79. The van der Waals surface area contributed by atoms with Gasteiger partial charge in [0.15, 0.2) is 0 Å². The molecule has 1 aromatic heterocycles. The summed E-state index contributed by atoms with van der Waals surface area (Å²) in [4.78, 5) is 38.5. The molecule has 1 amide bonds. The van der Waals surface area contributed by atoms with Crippen LogP contribution in [-0.2, 0) is 17.9 Å². The number of rotatable bonds is 5. The number of amides is 1. The van der Waals surface area contributed by atoms with E-state index in [0.717, 1.165) is 11.3 Å². The summed E-state index contributed by atoms with van der Waals surface area (Å²) >= 11 is 0. The largest absolute Gasteiger partial charge is 0.497 e. The number of fused-ring (bicyclic) bond motifs is 1. The molecule has 2 aromatic carbocycles. The maximum atomic E-state index is 12.2. The van der Waals surface area contributed by atoms with E-state index >= 15 is 0 Å². The zero-order chi connectivity index (χ0) is 17.8. The molecule has 0 bridgehead atoms. The van der Waals surface area contributed by atoms with Gasteiger partial charge in [0.25, 0.3) is 0 Å². The van der Waals surface area contributed by atoms with Crippen LogP contribution in [0.15, 0.2) is 58.1 Å². The van der Waals surface area contributed by atoms with Gasteiger partial charge in [-0.2, -0.15) is 0 Å². The highest BCUT2D eigenvalue weighted by Crippen LogP contribution is 2.11. The van der Waals surface area contributed by atoms with Gasteiger partial charge in [-0.1, -0.05) is 24.3 Å². The number of benzene rings is 2. The fraction of sp³-hybridized carbons (Fsp3) is 0.167. The molecule has 128 valence electrons. The van der Waals surface area contributed by atoms with Crippen LogP contribution < -0.4 is 21.2 Å². The van der Waals surface area contributed by atoms with Crippen molar-refractivity contribution in [2.45, 2.75) is 13.1 Å². The maximum Gasteiger partial charge on any atom is 0.317 e. The summed E-state index contributed by atoms with van der Waals surface area (Å²) in [6, 6.07) is 14.1. The summed E-state index contributed by atoms with van der Waals surface area (Å²) in [5.41, 5.74) is 0.416. The van der Waals surface area contributed by atoms with Crippen molar-refractivity contribution in [1.29, 1.82) is 0 Å². The fourth-order valence-corrected chi connectivity index (χ4v) is 2.52. The number of ether oxygens (including phenoxy) is 1. The van der Waals surface area contributed by atoms with Gasteiger partial charge in [-0.05, 0) is 29.8 Å². The molecule has 3 rings (SSSR count). The lowest BCUT2D eigenvalue weighted by Crippen LogP contribution is -2.40. The summed E-state index contributed by atoms with van der Waals surface area (Å²) in [5, 5.41) is 2.74. The Morgan fingerprint density at radius 1 is 1.12 bits per heavy atom. The predicted octanol–water partition coefficient (Wildman–Crippen LogP) is 1.01. The summed E-state index contributed by atoms with van der Waals surface area (Å²) < 4.78 is 6.26. The van der Waals surface area contributed by atoms with Gasteiger partial charge in [-0.25, -0.2) is 0 Å². The first-order valence-corrected chi connectivity index (χ1v) is 7.70. The minimum Gasteiger partial charge on any atom is -0.497 e. The standard InChI is InChI=1S/C18H17N3O4/c1-25-13-8-6-12(7-9-13)10-19-16(22)11-21-15-5-3-2-4-14(15)20-17(23)18(21)24/h2-9H,10-11H2,1H3,(H,19,22)(H,20,23). The van der Waals surface area contributed by atoms with Crippen LogP contribution in [0.4, 0.5) is 0 Å². The van der Waals surface area contributed by atoms with E-state index in [1.165, 1.54) is 4.57 Å². The molecular weight excluding hydrogens is 322 g/mol. The molecule has 0 fully saturated rings. The van der Waals surface area contributed by atoms with E-state index < -0.39 is 11.1 Å². The van der Waals surface area contributed by atoms with Crippen molar-refractivity contribution in [3.8, 4) is 5.75 Å². The molecule has 1 heterocycles. The molecule has 0 radical (unpaired) electrons. The van der Waals surface area contributed by atoms with Crippen molar-refractivity contribution in [3.63, 3.8) is 0 Å². The molecule has 2 N–H and O–H groups in total. The number of methoxy groups -OCH3 is 1. The van der Waals surface area contributed by atoms with Gasteiger partial charge in [0.05, 0.1) is 18.1 Å². The molecular formula is C18H17N3O4. The molecule has 0 aliphatic carbocycles. The highest BCUT2D eigenvalue weighted by Gasteiger charge is 2.11. The number of para-hydroxylation sites is 2. The number of H-pyrrole nitrogens is 1. The van der Waals surface area contributed by atoms with Crippen LogP contribution in [0.2, 0.25) is 0 Å². The van der Waals surface area contributed by atoms with Crippen molar-refractivity contribution in [2.24, 2.45) is 0 Å². The van der Waals surface area contributed by atoms with Crippen LogP contribution in [0.1, 0.15) is 5.56 Å². The van der Waals surface area contributed by atoms with E-state index in [9.17, 15) is 14.4 Å². The van der Waals surface area contributed by atoms with Crippen molar-refractivity contribution < 1.29 is 9.53 Å². The molecule has 7 nitrogen and oxygen atoms in total. The SMILES string of the molecule is COc1ccc(CNC(=O)Cn2c(=O)c(=O)[nH]c3ccccc32)cc1. The number of carbonyl (C=O) groups excluding carboxylic acids is 1. The van der Waals surface area contributed by atoms with Crippen LogP contribution in [0.25, 0.3) is 11.0 Å². The van der Waals surface area contributed by atoms with E-state index in [2.05, 4.69) is 10.3 Å². The van der Waals surface area contributed by atoms with Gasteiger partial charge in [0, 0.05) is 6.54 Å². The van der Waals surface area contributed by atoms with E-state index in [1.54, 1.807) is 43.5 Å². The highest BCUT2D eigenvalue weighted by atomic mass is 16.5. The monoisotopic (exact) mass is 339 g/mol. The minimum absolute atomic E-state index is 0.223. The molecule has 0 aliphatic rings. The summed E-state index contributed by atoms with van der Waals surface area (Å²) in [7, 11) is 1.58. The normalized spacial score (nSPS) is 10.6. The van der Waals surface area contributed by atoms with Crippen LogP contribution in [-0.4, -0.2) is 22.6 Å². The summed E-state index contributed by atoms with van der Waals surface area (Å²) in [6.07, 6.45) is 0. The van der Waals surface area contributed by atoms with Crippen LogP contribution >= 0.6 is 0 Å². The van der Waals surface area contributed by atoms with Gasteiger partial charge in [0.1, 0.15) is 12.3 Å². The van der Waals surface area contributed by atoms with E-state index in [0.29, 0.717) is 17.6 Å². The third kappa shape index (κ3) is 3.60. The zero-order valence-electron chi connectivity index (χ0n) is 13.6. The number of nitrogens with one attached hydrogen (secondary N) is 2. The van der Waals surface area contributed by atoms with E-state index in [4.69, 9.17) is 4.74 Å². The summed E-state index contributed by atoms with van der Waals surface area (Å²) in [5.74, 6) is 0.380. The quantitative estimate of drug-likeness (QED) is 0.679. The third-order valence-electron chi connectivity index (χ3n) is 3.83. The average molecular weight is 339 g/mol. The Kier molecular flexibility index (Phi) is 4.65. The molecule has 7 heteroatoms. The maximum absolute atomic E-state index is 12.2. The van der Waals surface area contributed by atoms with Gasteiger partial charge < -0.3 is 15.0 Å². The first-order valence-electron chi connectivity index (χ1n) is 7.70. The molecule has 0 saturated heterocycles. The Balaban J connectivity index is 1.76. The second-order valence-corrected chi connectivity index (χ2v) is 5.49. The molecule has 0 unspecified atom stereocenters. The first-order chi connectivity index (χ1) is 12.1. The van der Waals surface area contributed by atoms with E-state index in [1.807, 2.05) is 12.1 Å². The Hall–Kier alpha value is -3.35. The fourth-order valence-electron chi connectivity index (χ4n) is 2.52. The predicted molar refractivity (Wildman–Crippen MR) is 93.7 cm³/mol. The van der Waals surface area contributed by atoms with Crippen LogP contribution in [0.5, 0.6) is 5.75 Å². The van der Waals surface area contributed by atoms with Crippen LogP contribution in [0, 0.1) is 0 Å². The van der Waals surface area contributed by atoms with Gasteiger partial charge >= 0.3 is 11.1 Å². The van der Waals surface area contributed by atoms with Gasteiger partial charge in [-0.3, -0.25) is 19.0 Å². The number of hydrogen-bond donors (Lipinski definition) is 2. The number of hydrogen-bond acceptors (Lipinski definition) is 4. The lowest BCUT2D eigenvalue weighted by Gasteiger charge is -2.10. The molecule has 0 spiro atoms. The minimum atomic E-state index is -0.752. The van der Waals surface area contributed by atoms with Crippen molar-refractivity contribution in [3.05, 3.63) is 74.8 Å². The summed E-state index contributed by atoms with van der Waals surface area (Å²) in [6.45, 7) is 0.0954. The molecule has 0 atom stereocenters. The van der Waals surface area contributed by atoms with Gasteiger partial charge in [0.2, 0.25) is 5.91 Å². The molecule has 25 heavy (non-hydrogen) atoms. The lowest BCUT2D eigenvalue weighted by atomic mass is 10.2. The number of aromatic nitrogens is 2. The molecule has 3 aromatic rings. The van der Waals surface area contributed by atoms with Crippen molar-refractivity contribution in [1.82, 2.24) is 14.9 Å². The molecule has 0 saturated carbocycles. The average Bonchev–Trinajstić information content (AvgIpc) is 2.64. The van der Waals surface area contributed by atoms with E-state index in [-0.39, 0.29) is 12.5 Å². The number of carbonyl (C=O) groups is 1. The number of nitrogens with zero attached hydrogens (tertiary/aromatic N) is 1. The Labute approximate surface area is 142 Å².